The summed E-state index contributed by atoms with van der Waals surface area (Å²) in [5, 5.41) is 0. The van der Waals surface area contributed by atoms with Crippen LogP contribution in [0.4, 0.5) is 5.69 Å². The van der Waals surface area contributed by atoms with Gasteiger partial charge in [-0.3, -0.25) is 4.79 Å². The summed E-state index contributed by atoms with van der Waals surface area (Å²) in [7, 11) is 0. The van der Waals surface area contributed by atoms with Crippen LogP contribution in [0.1, 0.15) is 19.0 Å². The van der Waals surface area contributed by atoms with Gasteiger partial charge in [-0.15, -0.1) is 0 Å². The number of imidazole rings is 1. The highest BCUT2D eigenvalue weighted by Crippen LogP contribution is 2.21. The second-order valence-electron chi connectivity index (χ2n) is 4.48. The van der Waals surface area contributed by atoms with Crippen LogP contribution in [0.5, 0.6) is 0 Å². The van der Waals surface area contributed by atoms with E-state index in [-0.39, 0.29) is 5.78 Å². The maximum atomic E-state index is 11.1. The zero-order valence-corrected chi connectivity index (χ0v) is 10.7. The SMILES string of the molecule is CC(=O)CCn1cc(C)nc1-c1cccc(N)c1. The van der Waals surface area contributed by atoms with Crippen LogP contribution in [0.3, 0.4) is 0 Å². The molecule has 2 rings (SSSR count). The molecule has 18 heavy (non-hydrogen) atoms. The van der Waals surface area contributed by atoms with E-state index in [0.29, 0.717) is 18.7 Å². The molecular weight excluding hydrogens is 226 g/mol. The van der Waals surface area contributed by atoms with E-state index in [1.54, 1.807) is 6.92 Å². The van der Waals surface area contributed by atoms with Gasteiger partial charge in [-0.2, -0.15) is 0 Å². The third-order valence-corrected chi connectivity index (χ3v) is 2.75. The summed E-state index contributed by atoms with van der Waals surface area (Å²) in [6.45, 7) is 4.20. The molecule has 1 aromatic carbocycles. The minimum absolute atomic E-state index is 0.180. The second-order valence-corrected chi connectivity index (χ2v) is 4.48. The van der Waals surface area contributed by atoms with Gasteiger partial charge in [0.05, 0.1) is 5.69 Å². The van der Waals surface area contributed by atoms with Crippen LogP contribution in [0, 0.1) is 6.92 Å². The maximum absolute atomic E-state index is 11.1. The summed E-state index contributed by atoms with van der Waals surface area (Å²) in [6, 6.07) is 7.62. The molecular formula is C14H17N3O. The highest BCUT2D eigenvalue weighted by atomic mass is 16.1. The zero-order valence-electron chi connectivity index (χ0n) is 10.7. The molecule has 0 spiro atoms. The number of aromatic nitrogens is 2. The number of carbonyl (C=O) groups excluding carboxylic acids is 1. The molecule has 0 radical (unpaired) electrons. The summed E-state index contributed by atoms with van der Waals surface area (Å²) < 4.78 is 2.01. The van der Waals surface area contributed by atoms with E-state index in [4.69, 9.17) is 5.73 Å². The Hall–Kier alpha value is -2.10. The monoisotopic (exact) mass is 243 g/mol. The van der Waals surface area contributed by atoms with Crippen molar-refractivity contribution < 1.29 is 4.79 Å². The van der Waals surface area contributed by atoms with Crippen molar-refractivity contribution in [1.29, 1.82) is 0 Å². The molecule has 0 fully saturated rings. The van der Waals surface area contributed by atoms with Crippen molar-refractivity contribution >= 4 is 11.5 Å². The predicted molar refractivity (Wildman–Crippen MR) is 72.1 cm³/mol. The van der Waals surface area contributed by atoms with Gasteiger partial charge in [0.1, 0.15) is 11.6 Å². The third-order valence-electron chi connectivity index (χ3n) is 2.75. The number of aryl methyl sites for hydroxylation is 2. The second kappa shape index (κ2) is 5.04. The molecule has 0 saturated heterocycles. The fourth-order valence-electron chi connectivity index (χ4n) is 1.90. The number of rotatable bonds is 4. The van der Waals surface area contributed by atoms with Crippen molar-refractivity contribution in [3.8, 4) is 11.4 Å². The lowest BCUT2D eigenvalue weighted by atomic mass is 10.2. The van der Waals surface area contributed by atoms with Crippen molar-refractivity contribution in [2.45, 2.75) is 26.8 Å². The fourth-order valence-corrected chi connectivity index (χ4v) is 1.90. The Bertz CT molecular complexity index is 572. The smallest absolute Gasteiger partial charge is 0.140 e. The van der Waals surface area contributed by atoms with Crippen LogP contribution in [-0.4, -0.2) is 15.3 Å². The number of carbonyl (C=O) groups is 1. The summed E-state index contributed by atoms with van der Waals surface area (Å²) in [5.74, 6) is 1.04. The highest BCUT2D eigenvalue weighted by molar-refractivity contribution is 5.75. The lowest BCUT2D eigenvalue weighted by molar-refractivity contribution is -0.117. The average molecular weight is 243 g/mol. The van der Waals surface area contributed by atoms with E-state index in [0.717, 1.165) is 17.1 Å². The lowest BCUT2D eigenvalue weighted by Crippen LogP contribution is -2.03. The van der Waals surface area contributed by atoms with Crippen LogP contribution < -0.4 is 5.73 Å². The molecule has 0 saturated carbocycles. The van der Waals surface area contributed by atoms with Crippen LogP contribution in [-0.2, 0) is 11.3 Å². The lowest BCUT2D eigenvalue weighted by Gasteiger charge is -2.07. The molecule has 4 nitrogen and oxygen atoms in total. The number of nitrogens with zero attached hydrogens (tertiary/aromatic N) is 2. The minimum atomic E-state index is 0.180. The number of benzene rings is 1. The largest absolute Gasteiger partial charge is 0.399 e. The Balaban J connectivity index is 2.35. The van der Waals surface area contributed by atoms with Gasteiger partial charge in [-0.1, -0.05) is 12.1 Å². The molecule has 0 aliphatic carbocycles. The van der Waals surface area contributed by atoms with E-state index in [1.807, 2.05) is 42.0 Å². The molecule has 0 amide bonds. The molecule has 2 N–H and O–H groups in total. The summed E-state index contributed by atoms with van der Waals surface area (Å²) in [4.78, 5) is 15.6. The van der Waals surface area contributed by atoms with E-state index in [9.17, 15) is 4.79 Å². The van der Waals surface area contributed by atoms with Crippen molar-refractivity contribution in [2.24, 2.45) is 0 Å². The molecule has 0 unspecified atom stereocenters. The van der Waals surface area contributed by atoms with Gasteiger partial charge < -0.3 is 10.3 Å². The normalized spacial score (nSPS) is 10.6. The number of nitrogen functional groups attached to an aromatic ring is 1. The summed E-state index contributed by atoms with van der Waals surface area (Å²) in [6.07, 6.45) is 2.48. The standard InChI is InChI=1S/C14H17N3O/c1-10-9-17(7-6-11(2)18)14(16-10)12-4-3-5-13(15)8-12/h3-5,8-9H,6-7,15H2,1-2H3. The molecule has 94 valence electrons. The first-order valence-corrected chi connectivity index (χ1v) is 5.95. The van der Waals surface area contributed by atoms with E-state index in [2.05, 4.69) is 4.98 Å². The third kappa shape index (κ3) is 2.77. The minimum Gasteiger partial charge on any atom is -0.399 e. The Morgan fingerprint density at radius 3 is 2.89 bits per heavy atom. The Kier molecular flexibility index (Phi) is 3.46. The van der Waals surface area contributed by atoms with Crippen LogP contribution in [0.2, 0.25) is 0 Å². The van der Waals surface area contributed by atoms with Crippen LogP contribution in [0.15, 0.2) is 30.5 Å². The quantitative estimate of drug-likeness (QED) is 0.839. The zero-order chi connectivity index (χ0) is 13.1. The van der Waals surface area contributed by atoms with Crippen molar-refractivity contribution in [3.63, 3.8) is 0 Å². The van der Waals surface area contributed by atoms with E-state index in [1.165, 1.54) is 0 Å². The molecule has 0 aliphatic rings. The van der Waals surface area contributed by atoms with Gasteiger partial charge in [-0.25, -0.2) is 4.98 Å². The molecule has 2 aromatic rings. The average Bonchev–Trinajstić information content (AvgIpc) is 2.68. The van der Waals surface area contributed by atoms with Crippen LogP contribution >= 0.6 is 0 Å². The number of Topliss-reactive ketones (excluding diaryl/α,β-unsaturated/α-hetero) is 1. The topological polar surface area (TPSA) is 60.9 Å². The van der Waals surface area contributed by atoms with E-state index < -0.39 is 0 Å². The van der Waals surface area contributed by atoms with Gasteiger partial charge in [-0.05, 0) is 26.0 Å². The summed E-state index contributed by atoms with van der Waals surface area (Å²) in [5.41, 5.74) is 8.42. The van der Waals surface area contributed by atoms with Gasteiger partial charge in [0.2, 0.25) is 0 Å². The summed E-state index contributed by atoms with van der Waals surface area (Å²) >= 11 is 0. The van der Waals surface area contributed by atoms with Gasteiger partial charge in [0, 0.05) is 30.4 Å². The number of nitrogens with two attached hydrogens (primary N) is 1. The van der Waals surface area contributed by atoms with Gasteiger partial charge in [0.15, 0.2) is 0 Å². The molecule has 4 heteroatoms. The number of anilines is 1. The number of hydrogen-bond donors (Lipinski definition) is 1. The Morgan fingerprint density at radius 1 is 1.44 bits per heavy atom. The van der Waals surface area contributed by atoms with E-state index >= 15 is 0 Å². The number of hydrogen-bond acceptors (Lipinski definition) is 3. The molecule has 1 heterocycles. The molecule has 0 aliphatic heterocycles. The Morgan fingerprint density at radius 2 is 2.22 bits per heavy atom. The van der Waals surface area contributed by atoms with Crippen LogP contribution in [0.25, 0.3) is 11.4 Å². The maximum Gasteiger partial charge on any atom is 0.140 e. The predicted octanol–water partition coefficient (Wildman–Crippen LogP) is 2.42. The molecule has 1 aromatic heterocycles. The van der Waals surface area contributed by atoms with Crippen molar-refractivity contribution in [3.05, 3.63) is 36.2 Å². The van der Waals surface area contributed by atoms with Gasteiger partial charge >= 0.3 is 0 Å². The first-order valence-electron chi connectivity index (χ1n) is 5.95. The number of ketones is 1. The molecule has 0 atom stereocenters. The molecule has 0 bridgehead atoms. The first kappa shape index (κ1) is 12.4. The fraction of sp³-hybridized carbons (Fsp3) is 0.286. The first-order chi connectivity index (χ1) is 8.56. The van der Waals surface area contributed by atoms with Crippen molar-refractivity contribution in [1.82, 2.24) is 9.55 Å². The highest BCUT2D eigenvalue weighted by Gasteiger charge is 2.09. The van der Waals surface area contributed by atoms with Crippen molar-refractivity contribution in [2.75, 3.05) is 5.73 Å². The Labute approximate surface area is 106 Å². The van der Waals surface area contributed by atoms with Gasteiger partial charge in [0.25, 0.3) is 0 Å².